The number of carbonyl (C=O) groups excluding carboxylic acids is 1. The Kier molecular flexibility index (Phi) is 4.24. The van der Waals surface area contributed by atoms with Gasteiger partial charge < -0.3 is 9.47 Å². The van der Waals surface area contributed by atoms with Crippen molar-refractivity contribution in [2.45, 2.75) is 26.4 Å². The first-order chi connectivity index (χ1) is 12.5. The van der Waals surface area contributed by atoms with Crippen molar-refractivity contribution in [2.75, 3.05) is 7.05 Å². The van der Waals surface area contributed by atoms with Crippen LogP contribution in [0.25, 0.3) is 21.1 Å². The summed E-state index contributed by atoms with van der Waals surface area (Å²) >= 11 is 1.65. The van der Waals surface area contributed by atoms with Gasteiger partial charge in [0.15, 0.2) is 0 Å². The number of aromatic nitrogens is 2. The SMILES string of the molecule is Cc1cc2ccccc2n1CC(=O)N(C)[C@@H](C)c1nc2ccccc2s1. The van der Waals surface area contributed by atoms with E-state index < -0.39 is 0 Å². The molecule has 4 nitrogen and oxygen atoms in total. The topological polar surface area (TPSA) is 38.1 Å². The monoisotopic (exact) mass is 363 g/mol. The summed E-state index contributed by atoms with van der Waals surface area (Å²) in [6.45, 7) is 4.42. The quantitative estimate of drug-likeness (QED) is 0.523. The van der Waals surface area contributed by atoms with Crippen LogP contribution in [0.5, 0.6) is 0 Å². The predicted molar refractivity (Wildman–Crippen MR) is 107 cm³/mol. The third kappa shape index (κ3) is 2.88. The number of benzene rings is 2. The molecule has 132 valence electrons. The highest BCUT2D eigenvalue weighted by Gasteiger charge is 2.21. The molecule has 26 heavy (non-hydrogen) atoms. The molecule has 0 aliphatic carbocycles. The molecule has 2 aromatic heterocycles. The van der Waals surface area contributed by atoms with E-state index >= 15 is 0 Å². The van der Waals surface area contributed by atoms with Crippen molar-refractivity contribution in [3.05, 3.63) is 65.3 Å². The minimum Gasteiger partial charge on any atom is -0.335 e. The lowest BCUT2D eigenvalue weighted by molar-refractivity contribution is -0.132. The summed E-state index contributed by atoms with van der Waals surface area (Å²) in [5.41, 5.74) is 3.19. The number of fused-ring (bicyclic) bond motifs is 2. The van der Waals surface area contributed by atoms with E-state index in [2.05, 4.69) is 28.8 Å². The average molecular weight is 363 g/mol. The normalized spacial score (nSPS) is 12.6. The van der Waals surface area contributed by atoms with Gasteiger partial charge in [0.05, 0.1) is 16.3 Å². The molecule has 0 aliphatic heterocycles. The Balaban J connectivity index is 1.58. The van der Waals surface area contributed by atoms with Gasteiger partial charge in [-0.25, -0.2) is 4.98 Å². The van der Waals surface area contributed by atoms with Gasteiger partial charge in [-0.3, -0.25) is 4.79 Å². The molecular weight excluding hydrogens is 342 g/mol. The van der Waals surface area contributed by atoms with Crippen molar-refractivity contribution in [1.82, 2.24) is 14.5 Å². The molecule has 5 heteroatoms. The Morgan fingerprint density at radius 3 is 2.73 bits per heavy atom. The molecule has 4 rings (SSSR count). The molecule has 4 aromatic rings. The van der Waals surface area contributed by atoms with Gasteiger partial charge in [0.1, 0.15) is 11.6 Å². The van der Waals surface area contributed by atoms with E-state index in [1.807, 2.05) is 51.2 Å². The summed E-state index contributed by atoms with van der Waals surface area (Å²) in [5, 5.41) is 2.14. The molecule has 0 unspecified atom stereocenters. The van der Waals surface area contributed by atoms with E-state index in [9.17, 15) is 4.79 Å². The second-order valence-electron chi connectivity index (χ2n) is 6.63. The minimum atomic E-state index is -0.0537. The molecule has 0 saturated heterocycles. The fraction of sp³-hybridized carbons (Fsp3) is 0.238. The number of carbonyl (C=O) groups is 1. The highest BCUT2D eigenvalue weighted by molar-refractivity contribution is 7.18. The maximum atomic E-state index is 12.9. The highest BCUT2D eigenvalue weighted by Crippen LogP contribution is 2.29. The van der Waals surface area contributed by atoms with Crippen LogP contribution in [-0.4, -0.2) is 27.4 Å². The van der Waals surface area contributed by atoms with Crippen LogP contribution in [0, 0.1) is 6.92 Å². The number of thiazole rings is 1. The van der Waals surface area contributed by atoms with Gasteiger partial charge in [-0.15, -0.1) is 11.3 Å². The molecule has 1 amide bonds. The zero-order valence-electron chi connectivity index (χ0n) is 15.1. The molecule has 0 bridgehead atoms. The molecule has 0 radical (unpaired) electrons. The van der Waals surface area contributed by atoms with Gasteiger partial charge in [0, 0.05) is 18.3 Å². The number of likely N-dealkylation sites (N-methyl/N-ethyl adjacent to an activating group) is 1. The number of hydrogen-bond acceptors (Lipinski definition) is 3. The molecule has 2 aromatic carbocycles. The van der Waals surface area contributed by atoms with Crippen LogP contribution in [0.15, 0.2) is 54.6 Å². The minimum absolute atomic E-state index is 0.0537. The number of hydrogen-bond donors (Lipinski definition) is 0. The van der Waals surface area contributed by atoms with Crippen molar-refractivity contribution in [1.29, 1.82) is 0 Å². The lowest BCUT2D eigenvalue weighted by Gasteiger charge is -2.24. The summed E-state index contributed by atoms with van der Waals surface area (Å²) in [6, 6.07) is 18.3. The van der Waals surface area contributed by atoms with Crippen LogP contribution < -0.4 is 0 Å². The van der Waals surface area contributed by atoms with E-state index in [0.29, 0.717) is 6.54 Å². The summed E-state index contributed by atoms with van der Waals surface area (Å²) in [7, 11) is 1.86. The first-order valence-corrected chi connectivity index (χ1v) is 9.52. The second-order valence-corrected chi connectivity index (χ2v) is 7.69. The maximum Gasteiger partial charge on any atom is 0.242 e. The zero-order chi connectivity index (χ0) is 18.3. The van der Waals surface area contributed by atoms with E-state index in [1.165, 1.54) is 5.39 Å². The Bertz CT molecular complexity index is 1060. The first-order valence-electron chi connectivity index (χ1n) is 8.70. The van der Waals surface area contributed by atoms with Gasteiger partial charge in [0.25, 0.3) is 0 Å². The van der Waals surface area contributed by atoms with Crippen molar-refractivity contribution >= 4 is 38.4 Å². The van der Waals surface area contributed by atoms with Gasteiger partial charge in [-0.05, 0) is 43.5 Å². The van der Waals surface area contributed by atoms with Gasteiger partial charge in [-0.2, -0.15) is 0 Å². The second kappa shape index (κ2) is 6.57. The number of rotatable bonds is 4. The van der Waals surface area contributed by atoms with Gasteiger partial charge in [-0.1, -0.05) is 30.3 Å². The zero-order valence-corrected chi connectivity index (χ0v) is 16.0. The predicted octanol–water partition coefficient (Wildman–Crippen LogP) is 4.78. The third-order valence-corrected chi connectivity index (χ3v) is 6.16. The van der Waals surface area contributed by atoms with E-state index in [-0.39, 0.29) is 11.9 Å². The van der Waals surface area contributed by atoms with Gasteiger partial charge >= 0.3 is 0 Å². The molecule has 1 atom stereocenters. The smallest absolute Gasteiger partial charge is 0.242 e. The maximum absolute atomic E-state index is 12.9. The van der Waals surface area contributed by atoms with Crippen LogP contribution in [0.1, 0.15) is 23.7 Å². The molecule has 0 spiro atoms. The number of aryl methyl sites for hydroxylation is 1. The van der Waals surface area contributed by atoms with Crippen LogP contribution in [0.3, 0.4) is 0 Å². The van der Waals surface area contributed by atoms with Crippen LogP contribution in [0.2, 0.25) is 0 Å². The fourth-order valence-electron chi connectivity index (χ4n) is 3.26. The number of nitrogens with zero attached hydrogens (tertiary/aromatic N) is 3. The summed E-state index contributed by atoms with van der Waals surface area (Å²) in [4.78, 5) is 19.4. The standard InChI is InChI=1S/C21H21N3OS/c1-14-12-16-8-4-6-10-18(16)24(14)13-20(25)23(3)15(2)21-22-17-9-5-7-11-19(17)26-21/h4-12,15H,13H2,1-3H3/t15-/m0/s1. The van der Waals surface area contributed by atoms with Gasteiger partial charge in [0.2, 0.25) is 5.91 Å². The summed E-state index contributed by atoms with van der Waals surface area (Å²) in [6.07, 6.45) is 0. The third-order valence-electron chi connectivity index (χ3n) is 4.95. The summed E-state index contributed by atoms with van der Waals surface area (Å²) in [5.74, 6) is 0.0845. The highest BCUT2D eigenvalue weighted by atomic mass is 32.1. The van der Waals surface area contributed by atoms with Crippen molar-refractivity contribution < 1.29 is 4.79 Å². The molecule has 0 aliphatic rings. The Labute approximate surface area is 156 Å². The largest absolute Gasteiger partial charge is 0.335 e. The van der Waals surface area contributed by atoms with E-state index in [1.54, 1.807) is 16.2 Å². The van der Waals surface area contributed by atoms with Crippen LogP contribution in [-0.2, 0) is 11.3 Å². The fourth-order valence-corrected chi connectivity index (χ4v) is 4.32. The van der Waals surface area contributed by atoms with Crippen molar-refractivity contribution in [3.63, 3.8) is 0 Å². The lowest BCUT2D eigenvalue weighted by Crippen LogP contribution is -2.32. The Morgan fingerprint density at radius 2 is 1.92 bits per heavy atom. The average Bonchev–Trinajstić information content (AvgIpc) is 3.22. The van der Waals surface area contributed by atoms with Crippen LogP contribution in [0.4, 0.5) is 0 Å². The molecule has 2 heterocycles. The summed E-state index contributed by atoms with van der Waals surface area (Å²) < 4.78 is 3.24. The Morgan fingerprint density at radius 1 is 1.19 bits per heavy atom. The van der Waals surface area contributed by atoms with E-state index in [0.717, 1.165) is 26.4 Å². The first kappa shape index (κ1) is 16.8. The van der Waals surface area contributed by atoms with E-state index in [4.69, 9.17) is 4.98 Å². The number of amides is 1. The molecule has 0 fully saturated rings. The lowest BCUT2D eigenvalue weighted by atomic mass is 10.2. The van der Waals surface area contributed by atoms with Crippen LogP contribution >= 0.6 is 11.3 Å². The number of para-hydroxylation sites is 2. The molecular formula is C21H21N3OS. The molecule has 0 saturated carbocycles. The van der Waals surface area contributed by atoms with Crippen molar-refractivity contribution in [3.8, 4) is 0 Å². The van der Waals surface area contributed by atoms with Crippen molar-refractivity contribution in [2.24, 2.45) is 0 Å². The Hall–Kier alpha value is -2.66. The molecule has 0 N–H and O–H groups in total.